The van der Waals surface area contributed by atoms with Gasteiger partial charge in [-0.15, -0.1) is 0 Å². The van der Waals surface area contributed by atoms with Crippen molar-refractivity contribution in [2.45, 2.75) is 103 Å². The van der Waals surface area contributed by atoms with Crippen LogP contribution in [0.3, 0.4) is 0 Å². The van der Waals surface area contributed by atoms with Crippen molar-refractivity contribution in [3.05, 3.63) is 53.1 Å². The Hall–Kier alpha value is -2.71. The van der Waals surface area contributed by atoms with Gasteiger partial charge in [0.25, 0.3) is 0 Å². The van der Waals surface area contributed by atoms with Crippen molar-refractivity contribution in [1.82, 2.24) is 0 Å². The van der Waals surface area contributed by atoms with Gasteiger partial charge in [-0.3, -0.25) is 14.4 Å². The predicted octanol–water partition coefficient (Wildman–Crippen LogP) is 6.53. The van der Waals surface area contributed by atoms with Gasteiger partial charge in [-0.1, -0.05) is 57.5 Å². The average molecular weight is 607 g/mol. The van der Waals surface area contributed by atoms with E-state index in [0.29, 0.717) is 6.42 Å². The molecule has 0 radical (unpaired) electrons. The van der Waals surface area contributed by atoms with Crippen LogP contribution >= 0.6 is 0 Å². The summed E-state index contributed by atoms with van der Waals surface area (Å²) in [5.41, 5.74) is 1.77. The molecule has 2 heterocycles. The first-order valence-electron chi connectivity index (χ1n) is 15.7. The number of para-hydroxylation sites is 1. The molecule has 0 amide bonds. The molecule has 43 heavy (non-hydrogen) atoms. The minimum absolute atomic E-state index is 0.0561. The number of hydrogen-bond donors (Lipinski definition) is 0. The highest BCUT2D eigenvalue weighted by Crippen LogP contribution is 2.66. The maximum Gasteiger partial charge on any atom is 0.316 e. The molecule has 3 fully saturated rings. The van der Waals surface area contributed by atoms with E-state index in [4.69, 9.17) is 18.6 Å². The van der Waals surface area contributed by atoms with Crippen LogP contribution in [0.1, 0.15) is 72.3 Å². The summed E-state index contributed by atoms with van der Waals surface area (Å²) >= 11 is 0. The lowest BCUT2D eigenvalue weighted by atomic mass is 9.45. The number of ether oxygens (including phenoxy) is 3. The number of hydrogen-bond acceptors (Lipinski definition) is 7. The van der Waals surface area contributed by atoms with E-state index < -0.39 is 37.3 Å². The number of esters is 2. The molecule has 0 spiro atoms. The molecule has 1 saturated carbocycles. The van der Waals surface area contributed by atoms with Gasteiger partial charge in [0, 0.05) is 23.7 Å². The molecule has 5 aliphatic rings. The Bertz CT molecular complexity index is 1440. The molecule has 2 aliphatic heterocycles. The van der Waals surface area contributed by atoms with Gasteiger partial charge in [-0.2, -0.15) is 0 Å². The number of methoxy groups -OCH3 is 1. The predicted molar refractivity (Wildman–Crippen MR) is 165 cm³/mol. The maximum absolute atomic E-state index is 13.8. The van der Waals surface area contributed by atoms with Crippen LogP contribution in [0.25, 0.3) is 0 Å². The number of benzene rings is 1. The van der Waals surface area contributed by atoms with E-state index in [-0.39, 0.29) is 53.0 Å². The van der Waals surface area contributed by atoms with Gasteiger partial charge in [0.15, 0.2) is 5.78 Å². The molecular formula is C35H46O7Si. The normalized spacial score (nSPS) is 38.3. The number of ketones is 1. The summed E-state index contributed by atoms with van der Waals surface area (Å²) < 4.78 is 25.1. The molecule has 0 N–H and O–H groups in total. The van der Waals surface area contributed by atoms with Crippen LogP contribution in [0.5, 0.6) is 5.75 Å². The van der Waals surface area contributed by atoms with E-state index in [0.717, 1.165) is 12.2 Å². The van der Waals surface area contributed by atoms with Crippen LogP contribution < -0.4 is 4.43 Å². The number of carbonyl (C=O) groups is 3. The standard InChI is InChI=1S/C35H46O7Si/c1-19-21(20-12-10-11-13-25(20)42-43(8,9)33(2,3)4)17-26-22(19)16-23-24(18-28(37)39-7)35(6)27(36)14-15-34(5)31(35)30(29(23)40-26)41-32(34)38/h10-15,21,23-24,26,29-31H,16-18H2,1-9H3/t21-,23+,24+,26-,29+,30+,31+,34-,35+/m1/s1. The van der Waals surface area contributed by atoms with Crippen LogP contribution in [0, 0.1) is 28.6 Å². The maximum atomic E-state index is 13.8. The van der Waals surface area contributed by atoms with Crippen molar-refractivity contribution in [2.75, 3.05) is 7.11 Å². The van der Waals surface area contributed by atoms with Gasteiger partial charge < -0.3 is 18.6 Å². The van der Waals surface area contributed by atoms with Crippen LogP contribution in [-0.4, -0.2) is 51.5 Å². The summed E-state index contributed by atoms with van der Waals surface area (Å²) in [6.07, 6.45) is 3.72. The molecule has 3 aliphatic carbocycles. The monoisotopic (exact) mass is 606 g/mol. The van der Waals surface area contributed by atoms with Gasteiger partial charge >= 0.3 is 11.9 Å². The van der Waals surface area contributed by atoms with E-state index in [2.05, 4.69) is 59.0 Å². The fourth-order valence-electron chi connectivity index (χ4n) is 8.69. The Morgan fingerprint density at radius 2 is 1.81 bits per heavy atom. The minimum Gasteiger partial charge on any atom is -0.543 e. The lowest BCUT2D eigenvalue weighted by Gasteiger charge is -2.58. The first kappa shape index (κ1) is 30.3. The summed E-state index contributed by atoms with van der Waals surface area (Å²) in [6.45, 7) is 17.3. The largest absolute Gasteiger partial charge is 0.543 e. The topological polar surface area (TPSA) is 88.1 Å². The van der Waals surface area contributed by atoms with Crippen molar-refractivity contribution >= 4 is 26.0 Å². The van der Waals surface area contributed by atoms with Crippen LogP contribution in [0.2, 0.25) is 18.1 Å². The molecule has 8 heteroatoms. The zero-order chi connectivity index (χ0) is 31.3. The molecule has 6 rings (SSSR count). The number of rotatable bonds is 5. The molecule has 1 aromatic rings. The van der Waals surface area contributed by atoms with Crippen molar-refractivity contribution < 1.29 is 33.0 Å². The van der Waals surface area contributed by atoms with E-state index in [1.54, 1.807) is 6.08 Å². The summed E-state index contributed by atoms with van der Waals surface area (Å²) in [4.78, 5) is 40.0. The third-order valence-corrected chi connectivity index (χ3v) is 16.5. The highest BCUT2D eigenvalue weighted by molar-refractivity contribution is 6.74. The minimum atomic E-state index is -2.08. The Morgan fingerprint density at radius 1 is 1.12 bits per heavy atom. The molecule has 7 nitrogen and oxygen atoms in total. The number of carbonyl (C=O) groups excluding carboxylic acids is 3. The molecule has 1 aromatic carbocycles. The summed E-state index contributed by atoms with van der Waals surface area (Å²) in [7, 11) is -0.693. The molecule has 0 aromatic heterocycles. The lowest BCUT2D eigenvalue weighted by Crippen LogP contribution is -2.65. The Morgan fingerprint density at radius 3 is 2.49 bits per heavy atom. The zero-order valence-corrected chi connectivity index (χ0v) is 28.0. The fourth-order valence-corrected chi connectivity index (χ4v) is 9.73. The van der Waals surface area contributed by atoms with Gasteiger partial charge in [0.1, 0.15) is 11.9 Å². The Kier molecular flexibility index (Phi) is 6.98. The number of fused-ring (bicyclic) bond motifs is 3. The van der Waals surface area contributed by atoms with Crippen LogP contribution in [-0.2, 0) is 28.6 Å². The highest BCUT2D eigenvalue weighted by Gasteiger charge is 2.73. The molecule has 9 atom stereocenters. The first-order chi connectivity index (χ1) is 20.0. The molecule has 0 unspecified atom stereocenters. The van der Waals surface area contributed by atoms with Gasteiger partial charge in [-0.05, 0) is 79.9 Å². The second-order valence-corrected chi connectivity index (χ2v) is 20.1. The van der Waals surface area contributed by atoms with Gasteiger partial charge in [0.05, 0.1) is 24.7 Å². The highest BCUT2D eigenvalue weighted by atomic mass is 28.4. The van der Waals surface area contributed by atoms with Crippen molar-refractivity contribution in [3.63, 3.8) is 0 Å². The third-order valence-electron chi connectivity index (χ3n) is 12.2. The van der Waals surface area contributed by atoms with Gasteiger partial charge in [0.2, 0.25) is 8.32 Å². The molecule has 2 saturated heterocycles. The zero-order valence-electron chi connectivity index (χ0n) is 27.0. The SMILES string of the molecule is COC(=O)C[C@H]1[C@@H]2CC3=C(C)[C@H](c4ccccc4O[Si](C)(C)C(C)(C)C)C[C@H]3O[C@@H]2[C@@H]2OC(=O)[C@]3(C)C=CC(=O)[C@@]1(C)[C@@H]23. The lowest BCUT2D eigenvalue weighted by molar-refractivity contribution is -0.204. The van der Waals surface area contributed by atoms with Crippen molar-refractivity contribution in [3.8, 4) is 5.75 Å². The second kappa shape index (κ2) is 9.90. The summed E-state index contributed by atoms with van der Waals surface area (Å²) in [5, 5.41) is 0.0666. The van der Waals surface area contributed by atoms with Gasteiger partial charge in [-0.25, -0.2) is 0 Å². The smallest absolute Gasteiger partial charge is 0.316 e. The number of allylic oxidation sites excluding steroid dienone is 2. The van der Waals surface area contributed by atoms with Crippen LogP contribution in [0.15, 0.2) is 47.6 Å². The summed E-state index contributed by atoms with van der Waals surface area (Å²) in [5.74, 6) is -0.611. The third kappa shape index (κ3) is 4.33. The van der Waals surface area contributed by atoms with E-state index in [1.807, 2.05) is 19.9 Å². The Balaban J connectivity index is 1.40. The van der Waals surface area contributed by atoms with Crippen molar-refractivity contribution in [1.29, 1.82) is 0 Å². The molecule has 0 bridgehead atoms. The van der Waals surface area contributed by atoms with Crippen LogP contribution in [0.4, 0.5) is 0 Å². The first-order valence-corrected chi connectivity index (χ1v) is 18.6. The van der Waals surface area contributed by atoms with E-state index >= 15 is 0 Å². The Labute approximate surface area is 256 Å². The second-order valence-electron chi connectivity index (χ2n) is 15.4. The molecule has 232 valence electrons. The average Bonchev–Trinajstić information content (AvgIpc) is 3.41. The quantitative estimate of drug-likeness (QED) is 0.214. The van der Waals surface area contributed by atoms with Crippen molar-refractivity contribution in [2.24, 2.45) is 28.6 Å². The fraction of sp³-hybridized carbons (Fsp3) is 0.629. The summed E-state index contributed by atoms with van der Waals surface area (Å²) in [6, 6.07) is 8.37. The van der Waals surface area contributed by atoms with E-state index in [1.165, 1.54) is 29.9 Å². The molecular weight excluding hydrogens is 560 g/mol. The van der Waals surface area contributed by atoms with E-state index in [9.17, 15) is 14.4 Å².